The molecule has 0 aliphatic rings. The van der Waals surface area contributed by atoms with Crippen LogP contribution in [0.25, 0.3) is 16.7 Å². The fourth-order valence-electron chi connectivity index (χ4n) is 3.80. The second-order valence-electron chi connectivity index (χ2n) is 7.68. The molecule has 0 bridgehead atoms. The molecule has 2 aromatic heterocycles. The minimum Gasteiger partial charge on any atom is -0.319 e. The van der Waals surface area contributed by atoms with E-state index >= 15 is 0 Å². The van der Waals surface area contributed by atoms with Crippen LogP contribution >= 0.6 is 0 Å². The highest BCUT2D eigenvalue weighted by Crippen LogP contribution is 2.23. The number of para-hydroxylation sites is 2. The maximum absolute atomic E-state index is 12.9. The van der Waals surface area contributed by atoms with Gasteiger partial charge in [-0.2, -0.15) is 5.10 Å². The topological polar surface area (TPSA) is 77.6 Å². The van der Waals surface area contributed by atoms with Crippen LogP contribution in [0.3, 0.4) is 0 Å². The predicted octanol–water partition coefficient (Wildman–Crippen LogP) is 4.53. The second-order valence-corrected chi connectivity index (χ2v) is 7.68. The molecule has 5 rings (SSSR count). The summed E-state index contributed by atoms with van der Waals surface area (Å²) in [7, 11) is 0. The third kappa shape index (κ3) is 3.65. The van der Waals surface area contributed by atoms with Gasteiger partial charge in [-0.1, -0.05) is 47.7 Å². The number of hydrogen-bond acceptors (Lipinski definition) is 4. The van der Waals surface area contributed by atoms with E-state index in [4.69, 9.17) is 0 Å². The van der Waals surface area contributed by atoms with Crippen molar-refractivity contribution in [2.75, 3.05) is 5.32 Å². The Morgan fingerprint density at radius 3 is 2.41 bits per heavy atom. The van der Waals surface area contributed by atoms with E-state index in [9.17, 15) is 4.79 Å². The lowest BCUT2D eigenvalue weighted by Gasteiger charge is -2.08. The molecule has 1 amide bonds. The third-order valence-electron chi connectivity index (χ3n) is 5.50. The van der Waals surface area contributed by atoms with Crippen molar-refractivity contribution in [3.8, 4) is 5.69 Å². The zero-order valence-electron chi connectivity index (χ0n) is 17.9. The number of carbonyl (C=O) groups is 1. The number of rotatable bonds is 5. The first-order valence-corrected chi connectivity index (χ1v) is 10.4. The van der Waals surface area contributed by atoms with Crippen LogP contribution in [0.5, 0.6) is 0 Å². The maximum atomic E-state index is 12.9. The van der Waals surface area contributed by atoms with E-state index in [1.54, 1.807) is 0 Å². The number of fused-ring (bicyclic) bond motifs is 1. The number of nitrogens with zero attached hydrogens (tertiary/aromatic N) is 5. The summed E-state index contributed by atoms with van der Waals surface area (Å²) in [6, 6.07) is 25.3. The Balaban J connectivity index is 1.33. The van der Waals surface area contributed by atoms with Gasteiger partial charge < -0.3 is 5.32 Å². The average molecular weight is 422 g/mol. The molecule has 158 valence electrons. The van der Waals surface area contributed by atoms with Gasteiger partial charge in [0.25, 0.3) is 5.91 Å². The Bertz CT molecular complexity index is 1400. The lowest BCUT2D eigenvalue weighted by Crippen LogP contribution is -2.13. The molecule has 7 heteroatoms. The number of hydrogen-bond donors (Lipinski definition) is 1. The quantitative estimate of drug-likeness (QED) is 0.451. The number of nitrogens with one attached hydrogen (secondary N) is 1. The monoisotopic (exact) mass is 422 g/mol. The van der Waals surface area contributed by atoms with E-state index in [2.05, 4.69) is 20.7 Å². The van der Waals surface area contributed by atoms with Crippen LogP contribution < -0.4 is 5.32 Å². The van der Waals surface area contributed by atoms with E-state index in [0.29, 0.717) is 12.1 Å². The molecule has 0 saturated carbocycles. The van der Waals surface area contributed by atoms with Crippen molar-refractivity contribution < 1.29 is 4.79 Å². The molecular formula is C25H22N6O. The molecule has 3 aromatic carbocycles. The van der Waals surface area contributed by atoms with Gasteiger partial charge in [0.2, 0.25) is 0 Å². The van der Waals surface area contributed by atoms with Crippen LogP contribution in [-0.2, 0) is 6.54 Å². The van der Waals surface area contributed by atoms with Crippen LogP contribution in [-0.4, -0.2) is 30.7 Å². The average Bonchev–Trinajstić information content (AvgIpc) is 3.36. The van der Waals surface area contributed by atoms with Crippen LogP contribution in [0, 0.1) is 13.8 Å². The standard InChI is InChI=1S/C25H22N6O/c1-17-24(18(2)31(28-17)21-8-4-3-5-9-21)26-25(32)20-14-12-19(13-15-20)16-30-23-11-7-6-10-22(23)27-29-30/h3-15H,16H2,1-2H3,(H,26,32). The largest absolute Gasteiger partial charge is 0.319 e. The first kappa shape index (κ1) is 19.7. The molecule has 0 saturated heterocycles. The third-order valence-corrected chi connectivity index (χ3v) is 5.50. The molecule has 0 aliphatic heterocycles. The number of amides is 1. The molecule has 0 spiro atoms. The molecule has 0 aliphatic carbocycles. The molecule has 5 aromatic rings. The molecule has 7 nitrogen and oxygen atoms in total. The van der Waals surface area contributed by atoms with E-state index in [0.717, 1.165) is 39.4 Å². The Hall–Kier alpha value is -4.26. The molecular weight excluding hydrogens is 400 g/mol. The summed E-state index contributed by atoms with van der Waals surface area (Å²) in [5.41, 5.74) is 6.83. The van der Waals surface area contributed by atoms with Gasteiger partial charge in [-0.15, -0.1) is 5.10 Å². The van der Waals surface area contributed by atoms with Gasteiger partial charge in [0.1, 0.15) is 5.52 Å². The molecule has 1 N–H and O–H groups in total. The van der Waals surface area contributed by atoms with Crippen molar-refractivity contribution in [3.63, 3.8) is 0 Å². The maximum Gasteiger partial charge on any atom is 0.255 e. The summed E-state index contributed by atoms with van der Waals surface area (Å²) in [6.07, 6.45) is 0. The van der Waals surface area contributed by atoms with Gasteiger partial charge in [-0.3, -0.25) is 4.79 Å². The van der Waals surface area contributed by atoms with E-state index < -0.39 is 0 Å². The molecule has 0 atom stereocenters. The van der Waals surface area contributed by atoms with Crippen LogP contribution in [0.1, 0.15) is 27.3 Å². The van der Waals surface area contributed by atoms with E-state index in [1.807, 2.05) is 102 Å². The summed E-state index contributed by atoms with van der Waals surface area (Å²) >= 11 is 0. The highest BCUT2D eigenvalue weighted by atomic mass is 16.1. The summed E-state index contributed by atoms with van der Waals surface area (Å²) in [5, 5.41) is 16.0. The van der Waals surface area contributed by atoms with Crippen molar-refractivity contribution in [2.24, 2.45) is 0 Å². The molecule has 0 unspecified atom stereocenters. The lowest BCUT2D eigenvalue weighted by atomic mass is 10.1. The van der Waals surface area contributed by atoms with Crippen molar-refractivity contribution in [1.29, 1.82) is 0 Å². The highest BCUT2D eigenvalue weighted by molar-refractivity contribution is 6.04. The minimum absolute atomic E-state index is 0.165. The van der Waals surface area contributed by atoms with Gasteiger partial charge in [0, 0.05) is 5.56 Å². The van der Waals surface area contributed by atoms with Crippen LogP contribution in [0.2, 0.25) is 0 Å². The van der Waals surface area contributed by atoms with Gasteiger partial charge in [-0.25, -0.2) is 9.36 Å². The summed E-state index contributed by atoms with van der Waals surface area (Å²) < 4.78 is 3.70. The van der Waals surface area contributed by atoms with Gasteiger partial charge >= 0.3 is 0 Å². The Morgan fingerprint density at radius 1 is 0.906 bits per heavy atom. The van der Waals surface area contributed by atoms with Crippen molar-refractivity contribution in [2.45, 2.75) is 20.4 Å². The first-order chi connectivity index (χ1) is 15.6. The van der Waals surface area contributed by atoms with Crippen LogP contribution in [0.4, 0.5) is 5.69 Å². The van der Waals surface area contributed by atoms with E-state index in [-0.39, 0.29) is 5.91 Å². The van der Waals surface area contributed by atoms with Crippen molar-refractivity contribution in [3.05, 3.63) is 101 Å². The zero-order chi connectivity index (χ0) is 22.1. The van der Waals surface area contributed by atoms with Gasteiger partial charge in [-0.05, 0) is 55.8 Å². The summed E-state index contributed by atoms with van der Waals surface area (Å²) in [5.74, 6) is -0.165. The first-order valence-electron chi connectivity index (χ1n) is 10.4. The fraction of sp³-hybridized carbons (Fsp3) is 0.120. The molecule has 0 radical (unpaired) electrons. The Labute approximate surface area is 185 Å². The minimum atomic E-state index is -0.165. The zero-order valence-corrected chi connectivity index (χ0v) is 17.9. The SMILES string of the molecule is Cc1nn(-c2ccccc2)c(C)c1NC(=O)c1ccc(Cn2nnc3ccccc32)cc1. The second kappa shape index (κ2) is 8.11. The number of aromatic nitrogens is 5. The van der Waals surface area contributed by atoms with Crippen molar-refractivity contribution in [1.82, 2.24) is 24.8 Å². The van der Waals surface area contributed by atoms with Crippen LogP contribution in [0.15, 0.2) is 78.9 Å². The smallest absolute Gasteiger partial charge is 0.255 e. The molecule has 32 heavy (non-hydrogen) atoms. The molecule has 0 fully saturated rings. The summed E-state index contributed by atoms with van der Waals surface area (Å²) in [4.78, 5) is 12.9. The van der Waals surface area contributed by atoms with Gasteiger partial charge in [0.15, 0.2) is 0 Å². The summed E-state index contributed by atoms with van der Waals surface area (Å²) in [6.45, 7) is 4.44. The Morgan fingerprint density at radius 2 is 1.62 bits per heavy atom. The fourth-order valence-corrected chi connectivity index (χ4v) is 3.80. The van der Waals surface area contributed by atoms with E-state index in [1.165, 1.54) is 0 Å². The number of carbonyl (C=O) groups excluding carboxylic acids is 1. The molecule has 2 heterocycles. The number of anilines is 1. The van der Waals surface area contributed by atoms with Crippen molar-refractivity contribution >= 4 is 22.6 Å². The van der Waals surface area contributed by atoms with Gasteiger partial charge in [0.05, 0.1) is 34.8 Å². The normalized spacial score (nSPS) is 11.1. The lowest BCUT2D eigenvalue weighted by molar-refractivity contribution is 0.102. The number of aryl methyl sites for hydroxylation is 1. The Kier molecular flexibility index (Phi) is 4.99. The predicted molar refractivity (Wildman–Crippen MR) is 124 cm³/mol. The highest BCUT2D eigenvalue weighted by Gasteiger charge is 2.16. The number of benzene rings is 3.